The van der Waals surface area contributed by atoms with Gasteiger partial charge in [-0.2, -0.15) is 0 Å². The minimum absolute atomic E-state index is 0.311. The van der Waals surface area contributed by atoms with E-state index in [9.17, 15) is 8.42 Å². The standard InChI is InChI=1S/C13H21BrN2O2S/c1-3-13(11-5-7-12(14)8-6-11)15-9-4-10-16-19(2,17)18/h5-8,13,15-16H,3-4,9-10H2,1-2H3. The SMILES string of the molecule is CCC(NCCCNS(C)(=O)=O)c1ccc(Br)cc1. The highest BCUT2D eigenvalue weighted by molar-refractivity contribution is 9.10. The lowest BCUT2D eigenvalue weighted by atomic mass is 10.0. The first-order valence-electron chi connectivity index (χ1n) is 6.36. The van der Waals surface area contributed by atoms with E-state index in [0.717, 1.165) is 23.9 Å². The molecule has 1 aromatic carbocycles. The molecule has 0 aliphatic carbocycles. The third-order valence-corrected chi connectivity index (χ3v) is 4.05. The zero-order valence-electron chi connectivity index (χ0n) is 11.3. The first-order valence-corrected chi connectivity index (χ1v) is 9.04. The van der Waals surface area contributed by atoms with Gasteiger partial charge in [-0.25, -0.2) is 13.1 Å². The molecule has 0 aliphatic heterocycles. The van der Waals surface area contributed by atoms with Gasteiger partial charge in [-0.05, 0) is 37.1 Å². The van der Waals surface area contributed by atoms with Crippen LogP contribution in [0, 0.1) is 0 Å². The van der Waals surface area contributed by atoms with Crippen LogP contribution in [0.5, 0.6) is 0 Å². The van der Waals surface area contributed by atoms with Crippen molar-refractivity contribution in [2.45, 2.75) is 25.8 Å². The van der Waals surface area contributed by atoms with E-state index in [-0.39, 0.29) is 0 Å². The van der Waals surface area contributed by atoms with Crippen LogP contribution >= 0.6 is 15.9 Å². The van der Waals surface area contributed by atoms with Gasteiger partial charge in [0, 0.05) is 17.1 Å². The average Bonchev–Trinajstić information content (AvgIpc) is 2.34. The van der Waals surface area contributed by atoms with Gasteiger partial charge in [-0.3, -0.25) is 0 Å². The van der Waals surface area contributed by atoms with Gasteiger partial charge in [-0.15, -0.1) is 0 Å². The smallest absolute Gasteiger partial charge is 0.208 e. The zero-order valence-corrected chi connectivity index (χ0v) is 13.7. The third-order valence-electron chi connectivity index (χ3n) is 2.79. The van der Waals surface area contributed by atoms with E-state index in [2.05, 4.69) is 45.0 Å². The van der Waals surface area contributed by atoms with Gasteiger partial charge >= 0.3 is 0 Å². The molecule has 108 valence electrons. The molecule has 0 fully saturated rings. The highest BCUT2D eigenvalue weighted by Gasteiger charge is 2.08. The van der Waals surface area contributed by atoms with Crippen molar-refractivity contribution in [2.75, 3.05) is 19.3 Å². The van der Waals surface area contributed by atoms with Crippen molar-refractivity contribution in [3.63, 3.8) is 0 Å². The summed E-state index contributed by atoms with van der Waals surface area (Å²) in [4.78, 5) is 0. The van der Waals surface area contributed by atoms with Gasteiger partial charge in [0.2, 0.25) is 10.0 Å². The van der Waals surface area contributed by atoms with Crippen LogP contribution in [0.15, 0.2) is 28.7 Å². The Balaban J connectivity index is 2.35. The van der Waals surface area contributed by atoms with Gasteiger partial charge in [0.25, 0.3) is 0 Å². The quantitative estimate of drug-likeness (QED) is 0.709. The molecule has 1 aromatic rings. The van der Waals surface area contributed by atoms with Crippen molar-refractivity contribution < 1.29 is 8.42 Å². The summed E-state index contributed by atoms with van der Waals surface area (Å²) >= 11 is 3.42. The van der Waals surface area contributed by atoms with Crippen LogP contribution in [0.1, 0.15) is 31.4 Å². The lowest BCUT2D eigenvalue weighted by Gasteiger charge is -2.17. The first-order chi connectivity index (χ1) is 8.92. The Morgan fingerprint density at radius 1 is 1.21 bits per heavy atom. The molecular formula is C13H21BrN2O2S. The van der Waals surface area contributed by atoms with E-state index >= 15 is 0 Å². The monoisotopic (exact) mass is 348 g/mol. The Bertz CT molecular complexity index is 474. The van der Waals surface area contributed by atoms with Crippen LogP contribution in [-0.2, 0) is 10.0 Å². The maximum Gasteiger partial charge on any atom is 0.208 e. The minimum Gasteiger partial charge on any atom is -0.310 e. The predicted molar refractivity (Wildman–Crippen MR) is 82.6 cm³/mol. The predicted octanol–water partition coefficient (Wildman–Crippen LogP) is 2.43. The van der Waals surface area contributed by atoms with Crippen LogP contribution in [0.3, 0.4) is 0 Å². The first kappa shape index (κ1) is 16.6. The highest BCUT2D eigenvalue weighted by Crippen LogP contribution is 2.19. The largest absolute Gasteiger partial charge is 0.310 e. The van der Waals surface area contributed by atoms with Gasteiger partial charge in [-0.1, -0.05) is 35.0 Å². The van der Waals surface area contributed by atoms with Crippen LogP contribution in [0.2, 0.25) is 0 Å². The number of halogens is 1. The summed E-state index contributed by atoms with van der Waals surface area (Å²) in [5, 5.41) is 3.44. The summed E-state index contributed by atoms with van der Waals surface area (Å²) in [6, 6.07) is 8.57. The highest BCUT2D eigenvalue weighted by atomic mass is 79.9. The summed E-state index contributed by atoms with van der Waals surface area (Å²) in [6.07, 6.45) is 2.96. The number of hydrogen-bond donors (Lipinski definition) is 2. The maximum absolute atomic E-state index is 10.9. The molecular weight excluding hydrogens is 328 g/mol. The third kappa shape index (κ3) is 7.06. The fourth-order valence-corrected chi connectivity index (χ4v) is 2.59. The number of nitrogens with one attached hydrogen (secondary N) is 2. The molecule has 1 unspecified atom stereocenters. The van der Waals surface area contributed by atoms with E-state index in [1.54, 1.807) is 0 Å². The lowest BCUT2D eigenvalue weighted by molar-refractivity contribution is 0.507. The average molecular weight is 349 g/mol. The molecule has 0 bridgehead atoms. The van der Waals surface area contributed by atoms with Crippen molar-refractivity contribution in [1.29, 1.82) is 0 Å². The molecule has 0 spiro atoms. The zero-order chi connectivity index (χ0) is 14.3. The fraction of sp³-hybridized carbons (Fsp3) is 0.538. The minimum atomic E-state index is -3.07. The second-order valence-corrected chi connectivity index (χ2v) is 7.24. The number of benzene rings is 1. The second kappa shape index (κ2) is 7.99. The van der Waals surface area contributed by atoms with Crippen LogP contribution in [0.25, 0.3) is 0 Å². The molecule has 6 heteroatoms. The number of hydrogen-bond acceptors (Lipinski definition) is 3. The van der Waals surface area contributed by atoms with E-state index in [1.165, 1.54) is 11.8 Å². The molecule has 0 radical (unpaired) electrons. The second-order valence-electron chi connectivity index (χ2n) is 4.49. The Hall–Kier alpha value is -0.430. The van der Waals surface area contributed by atoms with Crippen molar-refractivity contribution in [3.8, 4) is 0 Å². The van der Waals surface area contributed by atoms with Gasteiger partial charge in [0.1, 0.15) is 0 Å². The normalized spacial score (nSPS) is 13.4. The Labute approximate surface area is 124 Å². The molecule has 19 heavy (non-hydrogen) atoms. The van der Waals surface area contributed by atoms with Crippen molar-refractivity contribution in [3.05, 3.63) is 34.3 Å². The van der Waals surface area contributed by atoms with Crippen LogP contribution < -0.4 is 10.0 Å². The molecule has 4 nitrogen and oxygen atoms in total. The maximum atomic E-state index is 10.9. The van der Waals surface area contributed by atoms with Crippen molar-refractivity contribution >= 4 is 26.0 Å². The Morgan fingerprint density at radius 2 is 1.84 bits per heavy atom. The molecule has 0 amide bonds. The van der Waals surface area contributed by atoms with Crippen LogP contribution in [0.4, 0.5) is 0 Å². The summed E-state index contributed by atoms with van der Waals surface area (Å²) in [5.74, 6) is 0. The molecule has 1 atom stereocenters. The molecule has 0 aliphatic rings. The summed E-state index contributed by atoms with van der Waals surface area (Å²) in [5.41, 5.74) is 1.25. The van der Waals surface area contributed by atoms with E-state index in [4.69, 9.17) is 0 Å². The van der Waals surface area contributed by atoms with Gasteiger partial charge in [0.05, 0.1) is 6.26 Å². The Morgan fingerprint density at radius 3 is 2.37 bits per heavy atom. The fourth-order valence-electron chi connectivity index (χ4n) is 1.82. The van der Waals surface area contributed by atoms with E-state index in [0.29, 0.717) is 12.6 Å². The van der Waals surface area contributed by atoms with Crippen molar-refractivity contribution in [1.82, 2.24) is 10.0 Å². The molecule has 1 rings (SSSR count). The van der Waals surface area contributed by atoms with Crippen LogP contribution in [-0.4, -0.2) is 27.8 Å². The summed E-state index contributed by atoms with van der Waals surface area (Å²) < 4.78 is 25.4. The van der Waals surface area contributed by atoms with Gasteiger partial charge in [0.15, 0.2) is 0 Å². The molecule has 0 heterocycles. The summed E-state index contributed by atoms with van der Waals surface area (Å²) in [6.45, 7) is 3.40. The van der Waals surface area contributed by atoms with E-state index < -0.39 is 10.0 Å². The van der Waals surface area contributed by atoms with Crippen molar-refractivity contribution in [2.24, 2.45) is 0 Å². The van der Waals surface area contributed by atoms with E-state index in [1.807, 2.05) is 12.1 Å². The summed E-state index contributed by atoms with van der Waals surface area (Å²) in [7, 11) is -3.07. The topological polar surface area (TPSA) is 58.2 Å². The number of rotatable bonds is 8. The Kier molecular flexibility index (Phi) is 6.99. The molecule has 0 aromatic heterocycles. The molecule has 0 saturated heterocycles. The molecule has 0 saturated carbocycles. The van der Waals surface area contributed by atoms with Gasteiger partial charge < -0.3 is 5.32 Å². The number of sulfonamides is 1. The lowest BCUT2D eigenvalue weighted by Crippen LogP contribution is -2.28. The molecule has 2 N–H and O–H groups in total.